The number of carbonyl (C=O) groups excluding carboxylic acids is 2. The van der Waals surface area contributed by atoms with Gasteiger partial charge in [0.15, 0.2) is 5.78 Å². The summed E-state index contributed by atoms with van der Waals surface area (Å²) in [5, 5.41) is 10.7. The van der Waals surface area contributed by atoms with Crippen molar-refractivity contribution in [3.05, 3.63) is 11.9 Å². The lowest BCUT2D eigenvalue weighted by atomic mass is 9.93. The summed E-state index contributed by atoms with van der Waals surface area (Å²) in [6.45, 7) is 11.6. The molecule has 0 spiro atoms. The zero-order valence-corrected chi connectivity index (χ0v) is 18.6. The van der Waals surface area contributed by atoms with E-state index in [1.165, 1.54) is 0 Å². The Balaban J connectivity index is 2.01. The summed E-state index contributed by atoms with van der Waals surface area (Å²) in [4.78, 5) is 22.7. The SMILES string of the molecule is CCC(=O)COCCOCCOCCn1cc(CNC(=O)OCCC(C)(C)C)nn1. The van der Waals surface area contributed by atoms with Gasteiger partial charge in [-0.25, -0.2) is 9.48 Å². The molecule has 172 valence electrons. The van der Waals surface area contributed by atoms with E-state index in [-0.39, 0.29) is 24.3 Å². The minimum Gasteiger partial charge on any atom is -0.450 e. The molecule has 0 fully saturated rings. The molecule has 10 heteroatoms. The van der Waals surface area contributed by atoms with Crippen molar-refractivity contribution in [2.24, 2.45) is 5.41 Å². The molecular weight excluding hydrogens is 392 g/mol. The van der Waals surface area contributed by atoms with Crippen LogP contribution in [0.2, 0.25) is 0 Å². The number of alkyl carbamates (subject to hydrolysis) is 1. The summed E-state index contributed by atoms with van der Waals surface area (Å²) in [7, 11) is 0. The standard InChI is InChI=1S/C20H36N4O6/c1-5-18(25)16-29-13-12-28-11-10-27-9-7-24-15-17(22-23-24)14-21-19(26)30-8-6-20(2,3)4/h15H,5-14,16H2,1-4H3,(H,21,26). The van der Waals surface area contributed by atoms with E-state index in [1.807, 2.05) is 6.92 Å². The Kier molecular flexibility index (Phi) is 12.9. The van der Waals surface area contributed by atoms with Crippen LogP contribution in [0.5, 0.6) is 0 Å². The molecule has 0 aromatic carbocycles. The molecule has 0 radical (unpaired) electrons. The molecule has 1 N–H and O–H groups in total. The molecule has 0 bridgehead atoms. The predicted molar refractivity (Wildman–Crippen MR) is 110 cm³/mol. The Bertz CT molecular complexity index is 615. The number of ether oxygens (including phenoxy) is 4. The van der Waals surface area contributed by atoms with E-state index in [1.54, 1.807) is 10.9 Å². The van der Waals surface area contributed by atoms with Crippen molar-refractivity contribution in [1.82, 2.24) is 20.3 Å². The maximum Gasteiger partial charge on any atom is 0.407 e. The third-order valence-electron chi connectivity index (χ3n) is 3.95. The lowest BCUT2D eigenvalue weighted by molar-refractivity contribution is -0.123. The van der Waals surface area contributed by atoms with Crippen LogP contribution < -0.4 is 5.32 Å². The van der Waals surface area contributed by atoms with E-state index in [9.17, 15) is 9.59 Å². The molecule has 0 aliphatic rings. The first kappa shape index (κ1) is 26.0. The van der Waals surface area contributed by atoms with Gasteiger partial charge in [-0.3, -0.25) is 4.79 Å². The highest BCUT2D eigenvalue weighted by atomic mass is 16.6. The van der Waals surface area contributed by atoms with Crippen LogP contribution in [-0.2, 0) is 36.8 Å². The molecule has 1 aromatic rings. The lowest BCUT2D eigenvalue weighted by Gasteiger charge is -2.17. The van der Waals surface area contributed by atoms with Crippen LogP contribution in [0, 0.1) is 5.41 Å². The van der Waals surface area contributed by atoms with Gasteiger partial charge < -0.3 is 24.3 Å². The summed E-state index contributed by atoms with van der Waals surface area (Å²) in [6.07, 6.45) is 2.59. The quantitative estimate of drug-likeness (QED) is 0.398. The van der Waals surface area contributed by atoms with E-state index >= 15 is 0 Å². The van der Waals surface area contributed by atoms with Gasteiger partial charge in [0.05, 0.1) is 58.9 Å². The number of nitrogens with one attached hydrogen (secondary N) is 1. The van der Waals surface area contributed by atoms with Gasteiger partial charge in [0.1, 0.15) is 12.3 Å². The number of Topliss-reactive ketones (excluding diaryl/α,β-unsaturated/α-hetero) is 1. The molecule has 1 heterocycles. The van der Waals surface area contributed by atoms with E-state index in [0.717, 1.165) is 6.42 Å². The molecule has 0 aliphatic heterocycles. The predicted octanol–water partition coefficient (Wildman–Crippen LogP) is 1.97. The first-order valence-electron chi connectivity index (χ1n) is 10.3. The molecule has 0 saturated heterocycles. The Morgan fingerprint density at radius 1 is 1.03 bits per heavy atom. The molecule has 30 heavy (non-hydrogen) atoms. The van der Waals surface area contributed by atoms with Crippen LogP contribution in [-0.4, -0.2) is 73.1 Å². The van der Waals surface area contributed by atoms with Gasteiger partial charge in [-0.15, -0.1) is 5.10 Å². The average Bonchev–Trinajstić information content (AvgIpc) is 3.14. The smallest absolute Gasteiger partial charge is 0.407 e. The molecule has 1 amide bonds. The highest BCUT2D eigenvalue weighted by Crippen LogP contribution is 2.17. The van der Waals surface area contributed by atoms with Crippen molar-refractivity contribution in [1.29, 1.82) is 0 Å². The molecule has 0 saturated carbocycles. The molecule has 10 nitrogen and oxygen atoms in total. The number of ketones is 1. The second kappa shape index (κ2) is 14.9. The number of amides is 1. The highest BCUT2D eigenvalue weighted by Gasteiger charge is 2.11. The number of nitrogens with zero attached hydrogens (tertiary/aromatic N) is 3. The van der Waals surface area contributed by atoms with Crippen molar-refractivity contribution in [3.63, 3.8) is 0 Å². The number of rotatable bonds is 16. The molecule has 1 rings (SSSR count). The van der Waals surface area contributed by atoms with Crippen LogP contribution >= 0.6 is 0 Å². The fourth-order valence-corrected chi connectivity index (χ4v) is 2.08. The molecule has 1 aromatic heterocycles. The molecule has 0 atom stereocenters. The molecule has 0 unspecified atom stereocenters. The van der Waals surface area contributed by atoms with Crippen LogP contribution in [0.1, 0.15) is 46.2 Å². The monoisotopic (exact) mass is 428 g/mol. The number of hydrogen-bond acceptors (Lipinski definition) is 8. The van der Waals surface area contributed by atoms with E-state index in [2.05, 4.69) is 36.4 Å². The van der Waals surface area contributed by atoms with Crippen molar-refractivity contribution < 1.29 is 28.5 Å². The Morgan fingerprint density at radius 2 is 1.70 bits per heavy atom. The Labute approximate surface area is 178 Å². The molecule has 0 aliphatic carbocycles. The summed E-state index contributed by atoms with van der Waals surface area (Å²) in [5.41, 5.74) is 0.772. The van der Waals surface area contributed by atoms with E-state index < -0.39 is 6.09 Å². The third-order valence-corrected chi connectivity index (χ3v) is 3.95. The fourth-order valence-electron chi connectivity index (χ4n) is 2.08. The Hall–Kier alpha value is -2.04. The lowest BCUT2D eigenvalue weighted by Crippen LogP contribution is -2.25. The number of aromatic nitrogens is 3. The van der Waals surface area contributed by atoms with Crippen LogP contribution in [0.3, 0.4) is 0 Å². The zero-order valence-electron chi connectivity index (χ0n) is 18.6. The Morgan fingerprint density at radius 3 is 2.37 bits per heavy atom. The second-order valence-corrected chi connectivity index (χ2v) is 7.94. The van der Waals surface area contributed by atoms with Crippen molar-refractivity contribution in [3.8, 4) is 0 Å². The van der Waals surface area contributed by atoms with Crippen molar-refractivity contribution in [2.75, 3.05) is 46.2 Å². The summed E-state index contributed by atoms with van der Waals surface area (Å²) < 4.78 is 22.8. The number of carbonyl (C=O) groups is 2. The van der Waals surface area contributed by atoms with Gasteiger partial charge in [0, 0.05) is 6.42 Å². The minimum absolute atomic E-state index is 0.0846. The zero-order chi connectivity index (χ0) is 22.2. The summed E-state index contributed by atoms with van der Waals surface area (Å²) in [5.74, 6) is 0.0846. The first-order chi connectivity index (χ1) is 14.3. The number of hydrogen-bond donors (Lipinski definition) is 1. The van der Waals surface area contributed by atoms with Gasteiger partial charge in [-0.05, 0) is 11.8 Å². The highest BCUT2D eigenvalue weighted by molar-refractivity contribution is 5.79. The largest absolute Gasteiger partial charge is 0.450 e. The summed E-state index contributed by atoms with van der Waals surface area (Å²) in [6, 6.07) is 0. The second-order valence-electron chi connectivity index (χ2n) is 7.94. The van der Waals surface area contributed by atoms with Crippen molar-refractivity contribution in [2.45, 2.75) is 53.6 Å². The van der Waals surface area contributed by atoms with Gasteiger partial charge in [-0.1, -0.05) is 32.9 Å². The van der Waals surface area contributed by atoms with E-state index in [4.69, 9.17) is 18.9 Å². The van der Waals surface area contributed by atoms with Crippen LogP contribution in [0.25, 0.3) is 0 Å². The van der Waals surface area contributed by atoms with Crippen LogP contribution in [0.4, 0.5) is 4.79 Å². The average molecular weight is 429 g/mol. The molecular formula is C20H36N4O6. The third kappa shape index (κ3) is 14.0. The van der Waals surface area contributed by atoms with Gasteiger partial charge in [0.2, 0.25) is 0 Å². The maximum absolute atomic E-state index is 11.7. The van der Waals surface area contributed by atoms with Gasteiger partial charge >= 0.3 is 6.09 Å². The van der Waals surface area contributed by atoms with Crippen molar-refractivity contribution >= 4 is 11.9 Å². The van der Waals surface area contributed by atoms with E-state index in [0.29, 0.717) is 58.3 Å². The van der Waals surface area contributed by atoms with Gasteiger partial charge in [-0.2, -0.15) is 0 Å². The van der Waals surface area contributed by atoms with Gasteiger partial charge in [0.25, 0.3) is 0 Å². The normalized spacial score (nSPS) is 11.5. The summed E-state index contributed by atoms with van der Waals surface area (Å²) >= 11 is 0. The topological polar surface area (TPSA) is 114 Å². The maximum atomic E-state index is 11.7. The van der Waals surface area contributed by atoms with Crippen LogP contribution in [0.15, 0.2) is 6.20 Å². The minimum atomic E-state index is -0.459. The fraction of sp³-hybridized carbons (Fsp3) is 0.800. The first-order valence-corrected chi connectivity index (χ1v) is 10.3.